The van der Waals surface area contributed by atoms with E-state index in [0.29, 0.717) is 22.8 Å². The summed E-state index contributed by atoms with van der Waals surface area (Å²) in [7, 11) is 1.45. The van der Waals surface area contributed by atoms with E-state index in [1.807, 2.05) is 24.3 Å². The fraction of sp³-hybridized carbons (Fsp3) is 0.250. The maximum atomic E-state index is 12.5. The number of hydrogen-bond acceptors (Lipinski definition) is 7. The van der Waals surface area contributed by atoms with Crippen molar-refractivity contribution in [3.05, 3.63) is 69.3 Å². The SMILES string of the molecule is CCOC(=O)C1=C(C)NC(=O)N[C@H]1c1ccc(OCC(=O)N/N=C\c2ccccc2Br)c(OC)c1. The number of rotatable bonds is 9. The van der Waals surface area contributed by atoms with Crippen LogP contribution >= 0.6 is 15.9 Å². The number of nitrogens with zero attached hydrogens (tertiary/aromatic N) is 1. The molecule has 3 amide bonds. The number of amides is 3. The van der Waals surface area contributed by atoms with Gasteiger partial charge in [0.15, 0.2) is 18.1 Å². The van der Waals surface area contributed by atoms with Crippen LogP contribution in [-0.2, 0) is 14.3 Å². The third-order valence-electron chi connectivity index (χ3n) is 4.94. The van der Waals surface area contributed by atoms with Crippen LogP contribution in [0.5, 0.6) is 11.5 Å². The molecule has 0 radical (unpaired) electrons. The third kappa shape index (κ3) is 6.60. The molecular weight excluding hydrogens is 520 g/mol. The fourth-order valence-corrected chi connectivity index (χ4v) is 3.72. The Labute approximate surface area is 210 Å². The Morgan fingerprint density at radius 3 is 2.69 bits per heavy atom. The Morgan fingerprint density at radius 2 is 1.97 bits per heavy atom. The highest BCUT2D eigenvalue weighted by Crippen LogP contribution is 2.34. The number of hydrazone groups is 1. The second-order valence-corrected chi connectivity index (χ2v) is 8.16. The smallest absolute Gasteiger partial charge is 0.338 e. The number of carbonyl (C=O) groups excluding carboxylic acids is 3. The number of esters is 1. The number of carbonyl (C=O) groups is 3. The Kier molecular flexibility index (Phi) is 8.85. The highest BCUT2D eigenvalue weighted by atomic mass is 79.9. The van der Waals surface area contributed by atoms with Crippen molar-refractivity contribution in [1.82, 2.24) is 16.1 Å². The molecule has 10 nitrogen and oxygen atoms in total. The van der Waals surface area contributed by atoms with Crippen molar-refractivity contribution in [1.29, 1.82) is 0 Å². The number of nitrogens with one attached hydrogen (secondary N) is 3. The third-order valence-corrected chi connectivity index (χ3v) is 5.66. The number of halogens is 1. The number of hydrogen-bond donors (Lipinski definition) is 3. The van der Waals surface area contributed by atoms with Crippen molar-refractivity contribution in [2.24, 2.45) is 5.10 Å². The van der Waals surface area contributed by atoms with Crippen molar-refractivity contribution < 1.29 is 28.6 Å². The van der Waals surface area contributed by atoms with Crippen LogP contribution in [0.25, 0.3) is 0 Å². The Hall–Kier alpha value is -3.86. The van der Waals surface area contributed by atoms with Gasteiger partial charge in [0.1, 0.15) is 0 Å². The van der Waals surface area contributed by atoms with E-state index in [4.69, 9.17) is 14.2 Å². The van der Waals surface area contributed by atoms with Gasteiger partial charge in [-0.15, -0.1) is 0 Å². The molecule has 0 spiro atoms. The van der Waals surface area contributed by atoms with Crippen molar-refractivity contribution in [2.45, 2.75) is 19.9 Å². The predicted molar refractivity (Wildman–Crippen MR) is 132 cm³/mol. The molecule has 0 bridgehead atoms. The first-order valence-electron chi connectivity index (χ1n) is 10.7. The summed E-state index contributed by atoms with van der Waals surface area (Å²) >= 11 is 3.40. The second-order valence-electron chi connectivity index (χ2n) is 7.30. The summed E-state index contributed by atoms with van der Waals surface area (Å²) in [5, 5.41) is 9.24. The lowest BCUT2D eigenvalue weighted by atomic mass is 9.95. The zero-order chi connectivity index (χ0) is 25.4. The highest BCUT2D eigenvalue weighted by Gasteiger charge is 2.32. The van der Waals surface area contributed by atoms with Crippen LogP contribution in [0.2, 0.25) is 0 Å². The fourth-order valence-electron chi connectivity index (χ4n) is 3.34. The molecule has 184 valence electrons. The van der Waals surface area contributed by atoms with Gasteiger partial charge in [-0.05, 0) is 37.6 Å². The van der Waals surface area contributed by atoms with Crippen LogP contribution in [0.15, 0.2) is 63.3 Å². The lowest BCUT2D eigenvalue weighted by molar-refractivity contribution is -0.139. The largest absolute Gasteiger partial charge is 0.493 e. The summed E-state index contributed by atoms with van der Waals surface area (Å²) in [5.41, 5.74) is 4.47. The molecule has 0 unspecified atom stereocenters. The Balaban J connectivity index is 1.70. The van der Waals surface area contributed by atoms with E-state index in [2.05, 4.69) is 37.1 Å². The molecule has 1 heterocycles. The van der Waals surface area contributed by atoms with Crippen LogP contribution in [0.1, 0.15) is 31.0 Å². The minimum Gasteiger partial charge on any atom is -0.493 e. The van der Waals surface area contributed by atoms with Gasteiger partial charge in [0, 0.05) is 15.7 Å². The quantitative estimate of drug-likeness (QED) is 0.253. The first-order valence-corrected chi connectivity index (χ1v) is 11.5. The lowest BCUT2D eigenvalue weighted by Gasteiger charge is -2.28. The number of methoxy groups -OCH3 is 1. The first-order chi connectivity index (χ1) is 16.8. The molecule has 2 aromatic rings. The molecule has 35 heavy (non-hydrogen) atoms. The summed E-state index contributed by atoms with van der Waals surface area (Å²) < 4.78 is 17.0. The molecule has 11 heteroatoms. The average Bonchev–Trinajstić information content (AvgIpc) is 2.83. The molecule has 2 aromatic carbocycles. The summed E-state index contributed by atoms with van der Waals surface area (Å²) in [4.78, 5) is 36.7. The van der Waals surface area contributed by atoms with E-state index in [0.717, 1.165) is 10.0 Å². The lowest BCUT2D eigenvalue weighted by Crippen LogP contribution is -2.45. The zero-order valence-electron chi connectivity index (χ0n) is 19.4. The van der Waals surface area contributed by atoms with Gasteiger partial charge in [-0.1, -0.05) is 40.2 Å². The van der Waals surface area contributed by atoms with E-state index in [1.165, 1.54) is 13.3 Å². The molecule has 1 atom stereocenters. The molecule has 0 aliphatic carbocycles. The van der Waals surface area contributed by atoms with Crippen LogP contribution < -0.4 is 25.5 Å². The summed E-state index contributed by atoms with van der Waals surface area (Å²) in [6, 6.07) is 11.1. The normalized spacial score (nSPS) is 15.3. The van der Waals surface area contributed by atoms with Gasteiger partial charge in [-0.3, -0.25) is 4.79 Å². The van der Waals surface area contributed by atoms with Crippen molar-refractivity contribution >= 4 is 40.1 Å². The van der Waals surface area contributed by atoms with Crippen molar-refractivity contribution in [2.75, 3.05) is 20.3 Å². The maximum Gasteiger partial charge on any atom is 0.338 e. The molecule has 1 aliphatic rings. The van der Waals surface area contributed by atoms with E-state index in [-0.39, 0.29) is 18.8 Å². The van der Waals surface area contributed by atoms with Gasteiger partial charge in [-0.2, -0.15) is 5.10 Å². The number of urea groups is 1. The minimum atomic E-state index is -0.749. The van der Waals surface area contributed by atoms with Crippen LogP contribution in [0, 0.1) is 0 Å². The topological polar surface area (TPSA) is 127 Å². The molecule has 3 N–H and O–H groups in total. The van der Waals surface area contributed by atoms with Gasteiger partial charge >= 0.3 is 12.0 Å². The maximum absolute atomic E-state index is 12.5. The van der Waals surface area contributed by atoms with E-state index in [1.54, 1.807) is 32.0 Å². The monoisotopic (exact) mass is 544 g/mol. The summed E-state index contributed by atoms with van der Waals surface area (Å²) in [6.07, 6.45) is 1.52. The number of allylic oxidation sites excluding steroid dienone is 1. The van der Waals surface area contributed by atoms with E-state index >= 15 is 0 Å². The van der Waals surface area contributed by atoms with Crippen LogP contribution in [0.4, 0.5) is 4.79 Å². The Bertz CT molecular complexity index is 1180. The van der Waals surface area contributed by atoms with Gasteiger partial charge in [0.2, 0.25) is 0 Å². The average molecular weight is 545 g/mol. The first kappa shape index (κ1) is 25.8. The molecule has 1 aliphatic heterocycles. The second kappa shape index (κ2) is 12.0. The highest BCUT2D eigenvalue weighted by molar-refractivity contribution is 9.10. The summed E-state index contributed by atoms with van der Waals surface area (Å²) in [6.45, 7) is 3.22. The van der Waals surface area contributed by atoms with Crippen molar-refractivity contribution in [3.63, 3.8) is 0 Å². The minimum absolute atomic E-state index is 0.196. The van der Waals surface area contributed by atoms with E-state index < -0.39 is 23.9 Å². The van der Waals surface area contributed by atoms with Gasteiger partial charge in [0.05, 0.1) is 31.5 Å². The summed E-state index contributed by atoms with van der Waals surface area (Å²) in [5.74, 6) is -0.379. The molecular formula is C24H25BrN4O6. The standard InChI is InChI=1S/C24H25BrN4O6/c1-4-34-23(31)21-14(2)27-24(32)28-22(21)15-9-10-18(19(11-15)33-3)35-13-20(30)29-26-12-16-7-5-6-8-17(16)25/h5-12,22H,4,13H2,1-3H3,(H,29,30)(H2,27,28,32)/b26-12-/t22-/m0/s1. The molecule has 0 saturated heterocycles. The van der Waals surface area contributed by atoms with Crippen LogP contribution in [-0.4, -0.2) is 44.4 Å². The Morgan fingerprint density at radius 1 is 1.20 bits per heavy atom. The number of benzene rings is 2. The van der Waals surface area contributed by atoms with E-state index in [9.17, 15) is 14.4 Å². The van der Waals surface area contributed by atoms with Crippen molar-refractivity contribution in [3.8, 4) is 11.5 Å². The van der Waals surface area contributed by atoms with Crippen LogP contribution in [0.3, 0.4) is 0 Å². The predicted octanol–water partition coefficient (Wildman–Crippen LogP) is 3.18. The van der Waals surface area contributed by atoms with Gasteiger partial charge in [-0.25, -0.2) is 15.0 Å². The molecule has 0 saturated carbocycles. The van der Waals surface area contributed by atoms with Gasteiger partial charge in [0.25, 0.3) is 5.91 Å². The zero-order valence-corrected chi connectivity index (χ0v) is 21.0. The number of ether oxygens (including phenoxy) is 3. The van der Waals surface area contributed by atoms with Gasteiger partial charge < -0.3 is 24.8 Å². The molecule has 0 aromatic heterocycles. The molecule has 3 rings (SSSR count). The molecule has 0 fully saturated rings.